The van der Waals surface area contributed by atoms with E-state index in [0.29, 0.717) is 17.5 Å². The molecule has 2 N–H and O–H groups in total. The fourth-order valence-corrected chi connectivity index (χ4v) is 2.57. The Hall–Kier alpha value is -1.86. The second-order valence-corrected chi connectivity index (χ2v) is 5.63. The van der Waals surface area contributed by atoms with E-state index in [2.05, 4.69) is 29.1 Å². The lowest BCUT2D eigenvalue weighted by atomic mass is 9.87. The van der Waals surface area contributed by atoms with Gasteiger partial charge in [-0.15, -0.1) is 0 Å². The average molecular weight is 286 g/mol. The Morgan fingerprint density at radius 2 is 2.19 bits per heavy atom. The summed E-state index contributed by atoms with van der Waals surface area (Å²) in [5, 5.41) is 11.9. The highest BCUT2D eigenvalue weighted by Gasteiger charge is 2.21. The lowest BCUT2D eigenvalue weighted by Crippen LogP contribution is -2.37. The zero-order chi connectivity index (χ0) is 15.1. The monoisotopic (exact) mass is 286 g/mol. The van der Waals surface area contributed by atoms with Gasteiger partial charge >= 0.3 is 0 Å². The molecule has 112 valence electrons. The molecule has 0 saturated heterocycles. The molecule has 1 aliphatic rings. The number of carbonyl (C=O) groups excluding carboxylic acids is 1. The molecule has 4 nitrogen and oxygen atoms in total. The first-order valence-electron chi connectivity index (χ1n) is 7.55. The predicted molar refractivity (Wildman–Crippen MR) is 81.7 cm³/mol. The molecule has 0 unspecified atom stereocenters. The van der Waals surface area contributed by atoms with E-state index in [1.165, 1.54) is 12.8 Å². The Bertz CT molecular complexity index is 537. The number of hydrogen-bond acceptors (Lipinski definition) is 3. The summed E-state index contributed by atoms with van der Waals surface area (Å²) >= 11 is 0. The van der Waals surface area contributed by atoms with Crippen LogP contribution in [0.4, 0.5) is 0 Å². The molecule has 1 saturated carbocycles. The molecule has 0 bridgehead atoms. The Labute approximate surface area is 126 Å². The number of aromatic nitrogens is 1. The molecule has 1 amide bonds. The molecule has 0 radical (unpaired) electrons. The second-order valence-electron chi connectivity index (χ2n) is 5.63. The minimum Gasteiger partial charge on any atom is -0.395 e. The van der Waals surface area contributed by atoms with Gasteiger partial charge in [0.2, 0.25) is 0 Å². The molecular formula is C17H22N2O2. The summed E-state index contributed by atoms with van der Waals surface area (Å²) in [6.45, 7) is 2.28. The van der Waals surface area contributed by atoms with E-state index in [1.54, 1.807) is 18.5 Å². The average Bonchev–Trinajstić information content (AvgIpc) is 2.50. The highest BCUT2D eigenvalue weighted by atomic mass is 16.2. The van der Waals surface area contributed by atoms with Gasteiger partial charge in [-0.1, -0.05) is 18.8 Å². The van der Waals surface area contributed by atoms with Crippen LogP contribution in [0.3, 0.4) is 0 Å². The van der Waals surface area contributed by atoms with Crippen LogP contribution < -0.4 is 5.32 Å². The number of nitrogens with zero attached hydrogens (tertiary/aromatic N) is 1. The predicted octanol–water partition coefficient (Wildman–Crippen LogP) is 2.12. The number of nitrogens with one attached hydrogen (secondary N) is 1. The largest absolute Gasteiger partial charge is 0.395 e. The van der Waals surface area contributed by atoms with Crippen molar-refractivity contribution >= 4 is 5.91 Å². The molecule has 0 spiro atoms. The van der Waals surface area contributed by atoms with E-state index in [-0.39, 0.29) is 18.6 Å². The van der Waals surface area contributed by atoms with Gasteiger partial charge in [-0.3, -0.25) is 9.78 Å². The van der Waals surface area contributed by atoms with Gasteiger partial charge in [0.05, 0.1) is 17.7 Å². The molecule has 1 heterocycles. The second kappa shape index (κ2) is 7.80. The minimum absolute atomic E-state index is 0.0229. The van der Waals surface area contributed by atoms with Crippen molar-refractivity contribution in [2.45, 2.75) is 45.1 Å². The summed E-state index contributed by atoms with van der Waals surface area (Å²) in [5.74, 6) is 6.43. The summed E-state index contributed by atoms with van der Waals surface area (Å²) < 4.78 is 0. The zero-order valence-corrected chi connectivity index (χ0v) is 12.4. The van der Waals surface area contributed by atoms with Crippen molar-refractivity contribution in [3.05, 3.63) is 29.6 Å². The van der Waals surface area contributed by atoms with Crippen molar-refractivity contribution < 1.29 is 9.90 Å². The highest BCUT2D eigenvalue weighted by molar-refractivity contribution is 5.96. The van der Waals surface area contributed by atoms with Crippen LogP contribution in [0.25, 0.3) is 0 Å². The summed E-state index contributed by atoms with van der Waals surface area (Å²) in [6, 6.07) is 1.96. The maximum Gasteiger partial charge on any atom is 0.252 e. The van der Waals surface area contributed by atoms with E-state index < -0.39 is 0 Å². The van der Waals surface area contributed by atoms with Crippen LogP contribution in [0.2, 0.25) is 0 Å². The summed E-state index contributed by atoms with van der Waals surface area (Å²) in [7, 11) is 0. The lowest BCUT2D eigenvalue weighted by Gasteiger charge is -2.27. The zero-order valence-electron chi connectivity index (χ0n) is 12.4. The van der Waals surface area contributed by atoms with Crippen LogP contribution in [0.5, 0.6) is 0 Å². The SMILES string of the molecule is CC1CCC(NC(=O)c2ccncc2C#CCCO)CC1. The van der Waals surface area contributed by atoms with Crippen LogP contribution in [-0.4, -0.2) is 28.6 Å². The molecule has 1 aromatic rings. The van der Waals surface area contributed by atoms with Gasteiger partial charge < -0.3 is 10.4 Å². The van der Waals surface area contributed by atoms with Gasteiger partial charge in [0.15, 0.2) is 0 Å². The molecule has 21 heavy (non-hydrogen) atoms. The van der Waals surface area contributed by atoms with E-state index in [0.717, 1.165) is 18.8 Å². The Morgan fingerprint density at radius 3 is 2.90 bits per heavy atom. The Kier molecular flexibility index (Phi) is 5.77. The van der Waals surface area contributed by atoms with Crippen LogP contribution in [-0.2, 0) is 0 Å². The van der Waals surface area contributed by atoms with Crippen molar-refractivity contribution in [2.75, 3.05) is 6.61 Å². The number of carbonyl (C=O) groups is 1. The first kappa shape index (κ1) is 15.5. The third kappa shape index (κ3) is 4.57. The van der Waals surface area contributed by atoms with Crippen LogP contribution in [0.1, 0.15) is 54.9 Å². The van der Waals surface area contributed by atoms with E-state index in [9.17, 15) is 4.79 Å². The van der Waals surface area contributed by atoms with Crippen LogP contribution in [0.15, 0.2) is 18.5 Å². The van der Waals surface area contributed by atoms with Gasteiger partial charge in [-0.05, 0) is 37.7 Å². The van der Waals surface area contributed by atoms with Crippen molar-refractivity contribution in [3.8, 4) is 11.8 Å². The maximum atomic E-state index is 12.4. The normalized spacial score (nSPS) is 21.2. The first-order valence-corrected chi connectivity index (χ1v) is 7.55. The molecule has 1 aromatic heterocycles. The lowest BCUT2D eigenvalue weighted by molar-refractivity contribution is 0.0922. The highest BCUT2D eigenvalue weighted by Crippen LogP contribution is 2.23. The van der Waals surface area contributed by atoms with Crippen molar-refractivity contribution in [2.24, 2.45) is 5.92 Å². The van der Waals surface area contributed by atoms with E-state index >= 15 is 0 Å². The number of amides is 1. The number of hydrogen-bond donors (Lipinski definition) is 2. The first-order chi connectivity index (χ1) is 10.2. The Balaban J connectivity index is 2.04. The quantitative estimate of drug-likeness (QED) is 0.837. The number of rotatable bonds is 3. The summed E-state index contributed by atoms with van der Waals surface area (Å²) in [4.78, 5) is 16.4. The molecule has 2 rings (SSSR count). The molecule has 0 aromatic carbocycles. The van der Waals surface area contributed by atoms with E-state index in [1.807, 2.05) is 0 Å². The van der Waals surface area contributed by atoms with Crippen molar-refractivity contribution in [1.82, 2.24) is 10.3 Å². The van der Waals surface area contributed by atoms with Gasteiger partial charge in [-0.2, -0.15) is 0 Å². The number of aliphatic hydroxyl groups is 1. The minimum atomic E-state index is -0.0785. The van der Waals surface area contributed by atoms with Crippen molar-refractivity contribution in [3.63, 3.8) is 0 Å². The van der Waals surface area contributed by atoms with Crippen LogP contribution in [0, 0.1) is 17.8 Å². The third-order valence-corrected chi connectivity index (χ3v) is 3.88. The fraction of sp³-hybridized carbons (Fsp3) is 0.529. The molecule has 1 aliphatic carbocycles. The van der Waals surface area contributed by atoms with Gasteiger partial charge in [0, 0.05) is 24.9 Å². The molecule has 4 heteroatoms. The van der Waals surface area contributed by atoms with Gasteiger partial charge in [-0.25, -0.2) is 0 Å². The molecule has 0 atom stereocenters. The number of aliphatic hydroxyl groups excluding tert-OH is 1. The molecular weight excluding hydrogens is 264 g/mol. The topological polar surface area (TPSA) is 62.2 Å². The molecule has 1 fully saturated rings. The smallest absolute Gasteiger partial charge is 0.252 e. The van der Waals surface area contributed by atoms with E-state index in [4.69, 9.17) is 5.11 Å². The Morgan fingerprint density at radius 1 is 1.43 bits per heavy atom. The number of pyridine rings is 1. The fourth-order valence-electron chi connectivity index (χ4n) is 2.57. The standard InChI is InChI=1S/C17H22N2O2/c1-13-5-7-15(8-6-13)19-17(21)16-9-10-18-12-14(16)4-2-3-11-20/h9-10,12-13,15,20H,3,5-8,11H2,1H3,(H,19,21). The maximum absolute atomic E-state index is 12.4. The third-order valence-electron chi connectivity index (χ3n) is 3.88. The summed E-state index contributed by atoms with van der Waals surface area (Å²) in [6.07, 6.45) is 8.04. The van der Waals surface area contributed by atoms with Crippen molar-refractivity contribution in [1.29, 1.82) is 0 Å². The van der Waals surface area contributed by atoms with Gasteiger partial charge in [0.25, 0.3) is 5.91 Å². The summed E-state index contributed by atoms with van der Waals surface area (Å²) in [5.41, 5.74) is 1.18. The van der Waals surface area contributed by atoms with Crippen LogP contribution >= 0.6 is 0 Å². The molecule has 0 aliphatic heterocycles. The van der Waals surface area contributed by atoms with Gasteiger partial charge in [0.1, 0.15) is 0 Å².